The minimum absolute atomic E-state index is 0.131. The van der Waals surface area contributed by atoms with Gasteiger partial charge in [0.1, 0.15) is 0 Å². The van der Waals surface area contributed by atoms with Gasteiger partial charge < -0.3 is 14.9 Å². The Balaban J connectivity index is 4.80. The molecular weight excluding hydrogens is 164 g/mol. The van der Waals surface area contributed by atoms with E-state index in [-0.39, 0.29) is 12.2 Å². The summed E-state index contributed by atoms with van der Waals surface area (Å²) in [6, 6.07) is 0. The molecule has 0 saturated heterocycles. The molecule has 0 bridgehead atoms. The second kappa shape index (κ2) is 4.38. The highest BCUT2D eigenvalue weighted by Crippen LogP contribution is 2.06. The van der Waals surface area contributed by atoms with Gasteiger partial charge in [0.15, 0.2) is 0 Å². The number of hydrogen-bond donors (Lipinski definition) is 2. The third kappa shape index (κ3) is 2.61. The molecular formula is C7H10O5. The third-order valence-electron chi connectivity index (χ3n) is 1.14. The quantitative estimate of drug-likeness (QED) is 0.478. The summed E-state index contributed by atoms with van der Waals surface area (Å²) in [5, 5.41) is 16.9. The number of aliphatic carboxylic acids is 2. The van der Waals surface area contributed by atoms with Crippen molar-refractivity contribution in [2.45, 2.75) is 13.8 Å². The summed E-state index contributed by atoms with van der Waals surface area (Å²) in [6.07, 6.45) is 0. The predicted octanol–water partition coefficient (Wildman–Crippen LogP) is 0.466. The van der Waals surface area contributed by atoms with Crippen LogP contribution in [0.3, 0.4) is 0 Å². The molecule has 0 saturated carbocycles. The fourth-order valence-electron chi connectivity index (χ4n) is 0.572. The summed E-state index contributed by atoms with van der Waals surface area (Å²) < 4.78 is 4.63. The van der Waals surface area contributed by atoms with Gasteiger partial charge in [-0.1, -0.05) is 0 Å². The first-order valence-corrected chi connectivity index (χ1v) is 3.31. The lowest BCUT2D eigenvalue weighted by Gasteiger charge is -2.04. The maximum atomic E-state index is 10.4. The van der Waals surface area contributed by atoms with E-state index in [0.29, 0.717) is 0 Å². The zero-order valence-electron chi connectivity index (χ0n) is 6.83. The van der Waals surface area contributed by atoms with Crippen molar-refractivity contribution in [1.82, 2.24) is 0 Å². The summed E-state index contributed by atoms with van der Waals surface area (Å²) in [6.45, 7) is 2.89. The smallest absolute Gasteiger partial charge is 0.371 e. The summed E-state index contributed by atoms with van der Waals surface area (Å²) >= 11 is 0. The molecule has 68 valence electrons. The molecule has 0 aliphatic heterocycles. The van der Waals surface area contributed by atoms with Crippen LogP contribution in [-0.2, 0) is 14.3 Å². The van der Waals surface area contributed by atoms with Crippen LogP contribution < -0.4 is 0 Å². The standard InChI is InChI=1S/C7H10O5/c1-3-12-5(7(10)11)4(2)6(8)9/h3H2,1-2H3,(H,8,9)(H,10,11). The van der Waals surface area contributed by atoms with E-state index in [9.17, 15) is 9.59 Å². The maximum Gasteiger partial charge on any atom is 0.371 e. The zero-order chi connectivity index (χ0) is 9.72. The Morgan fingerprint density at radius 3 is 2.00 bits per heavy atom. The largest absolute Gasteiger partial charge is 0.486 e. The van der Waals surface area contributed by atoms with Crippen LogP contribution in [0.15, 0.2) is 11.3 Å². The van der Waals surface area contributed by atoms with Crippen LogP contribution >= 0.6 is 0 Å². The molecule has 0 aromatic carbocycles. The van der Waals surface area contributed by atoms with E-state index >= 15 is 0 Å². The monoisotopic (exact) mass is 174 g/mol. The van der Waals surface area contributed by atoms with E-state index < -0.39 is 17.7 Å². The highest BCUT2D eigenvalue weighted by molar-refractivity contribution is 5.96. The van der Waals surface area contributed by atoms with Gasteiger partial charge in [-0.05, 0) is 13.8 Å². The number of hydrogen-bond acceptors (Lipinski definition) is 3. The van der Waals surface area contributed by atoms with Crippen LogP contribution in [0.4, 0.5) is 0 Å². The molecule has 2 N–H and O–H groups in total. The molecule has 0 heterocycles. The molecule has 0 amide bonds. The SMILES string of the molecule is CCOC(C(=O)O)=C(C)C(=O)O. The van der Waals surface area contributed by atoms with Crippen LogP contribution in [0.25, 0.3) is 0 Å². The molecule has 0 aliphatic carbocycles. The number of carboxylic acid groups (broad SMARTS) is 2. The van der Waals surface area contributed by atoms with Crippen molar-refractivity contribution in [1.29, 1.82) is 0 Å². The lowest BCUT2D eigenvalue weighted by Crippen LogP contribution is -2.12. The van der Waals surface area contributed by atoms with Crippen LogP contribution in [0.2, 0.25) is 0 Å². The van der Waals surface area contributed by atoms with E-state index in [1.165, 1.54) is 6.92 Å². The number of carbonyl (C=O) groups is 2. The minimum atomic E-state index is -1.36. The molecule has 0 spiro atoms. The van der Waals surface area contributed by atoms with E-state index in [1.807, 2.05) is 0 Å². The van der Waals surface area contributed by atoms with Crippen molar-refractivity contribution >= 4 is 11.9 Å². The van der Waals surface area contributed by atoms with Crippen molar-refractivity contribution in [3.63, 3.8) is 0 Å². The van der Waals surface area contributed by atoms with Gasteiger partial charge in [-0.15, -0.1) is 0 Å². The van der Waals surface area contributed by atoms with Gasteiger partial charge in [-0.3, -0.25) is 0 Å². The second-order valence-corrected chi connectivity index (χ2v) is 2.00. The average molecular weight is 174 g/mol. The van der Waals surface area contributed by atoms with E-state index in [2.05, 4.69) is 4.74 Å². The van der Waals surface area contributed by atoms with Gasteiger partial charge in [0.05, 0.1) is 12.2 Å². The second-order valence-electron chi connectivity index (χ2n) is 2.00. The molecule has 0 aromatic heterocycles. The lowest BCUT2D eigenvalue weighted by molar-refractivity contribution is -0.139. The molecule has 0 radical (unpaired) electrons. The Hall–Kier alpha value is -1.52. The first-order valence-electron chi connectivity index (χ1n) is 3.31. The van der Waals surface area contributed by atoms with Crippen LogP contribution in [0, 0.1) is 0 Å². The fourth-order valence-corrected chi connectivity index (χ4v) is 0.572. The molecule has 5 heteroatoms. The Kier molecular flexibility index (Phi) is 3.82. The molecule has 0 fully saturated rings. The summed E-state index contributed by atoms with van der Waals surface area (Å²) in [5.41, 5.74) is -0.302. The van der Waals surface area contributed by atoms with Crippen molar-refractivity contribution in [2.75, 3.05) is 6.61 Å². The van der Waals surface area contributed by atoms with Gasteiger partial charge >= 0.3 is 11.9 Å². The maximum absolute atomic E-state index is 10.4. The predicted molar refractivity (Wildman–Crippen MR) is 39.6 cm³/mol. The first-order chi connectivity index (χ1) is 5.50. The molecule has 0 rings (SSSR count). The van der Waals surface area contributed by atoms with Gasteiger partial charge in [0.25, 0.3) is 0 Å². The van der Waals surface area contributed by atoms with E-state index in [0.717, 1.165) is 0 Å². The van der Waals surface area contributed by atoms with Crippen molar-refractivity contribution in [2.24, 2.45) is 0 Å². The molecule has 0 atom stereocenters. The summed E-state index contributed by atoms with van der Waals surface area (Å²) in [7, 11) is 0. The van der Waals surface area contributed by atoms with Gasteiger partial charge in [0.2, 0.25) is 5.76 Å². The van der Waals surface area contributed by atoms with Gasteiger partial charge in [0, 0.05) is 0 Å². The highest BCUT2D eigenvalue weighted by atomic mass is 16.5. The average Bonchev–Trinajstić information content (AvgIpc) is 1.98. The normalized spacial score (nSPS) is 11.8. The van der Waals surface area contributed by atoms with Crippen molar-refractivity contribution in [3.05, 3.63) is 11.3 Å². The van der Waals surface area contributed by atoms with Crippen LogP contribution in [0.1, 0.15) is 13.8 Å². The highest BCUT2D eigenvalue weighted by Gasteiger charge is 2.16. The lowest BCUT2D eigenvalue weighted by atomic mass is 10.2. The molecule has 0 aromatic rings. The van der Waals surface area contributed by atoms with E-state index in [1.54, 1.807) is 6.92 Å². The van der Waals surface area contributed by atoms with Crippen LogP contribution in [0.5, 0.6) is 0 Å². The molecule has 5 nitrogen and oxygen atoms in total. The van der Waals surface area contributed by atoms with Crippen LogP contribution in [-0.4, -0.2) is 28.8 Å². The molecule has 0 unspecified atom stereocenters. The minimum Gasteiger partial charge on any atom is -0.486 e. The summed E-state index contributed by atoms with van der Waals surface area (Å²) in [4.78, 5) is 20.7. The molecule has 12 heavy (non-hydrogen) atoms. The Bertz CT molecular complexity index is 228. The Labute approximate surface area is 69.3 Å². The third-order valence-corrected chi connectivity index (χ3v) is 1.14. The fraction of sp³-hybridized carbons (Fsp3) is 0.429. The van der Waals surface area contributed by atoms with Crippen molar-refractivity contribution < 1.29 is 24.5 Å². The summed E-state index contributed by atoms with van der Waals surface area (Å²) in [5.74, 6) is -3.16. The van der Waals surface area contributed by atoms with E-state index in [4.69, 9.17) is 10.2 Å². The molecule has 0 aliphatic rings. The number of rotatable bonds is 4. The first kappa shape index (κ1) is 10.5. The van der Waals surface area contributed by atoms with Crippen molar-refractivity contribution in [3.8, 4) is 0 Å². The topological polar surface area (TPSA) is 83.8 Å². The Morgan fingerprint density at radius 1 is 1.25 bits per heavy atom. The zero-order valence-corrected chi connectivity index (χ0v) is 6.83. The number of ether oxygens (including phenoxy) is 1. The van der Waals surface area contributed by atoms with Gasteiger partial charge in [-0.2, -0.15) is 0 Å². The van der Waals surface area contributed by atoms with Gasteiger partial charge in [-0.25, -0.2) is 9.59 Å². The number of carboxylic acids is 2. The Morgan fingerprint density at radius 2 is 1.75 bits per heavy atom.